The fourth-order valence-corrected chi connectivity index (χ4v) is 1.55. The second-order valence-corrected chi connectivity index (χ2v) is 3.98. The van der Waals surface area contributed by atoms with E-state index in [4.69, 9.17) is 11.5 Å². The summed E-state index contributed by atoms with van der Waals surface area (Å²) >= 11 is 0. The Morgan fingerprint density at radius 1 is 1.62 bits per heavy atom. The van der Waals surface area contributed by atoms with Crippen molar-refractivity contribution in [1.82, 2.24) is 10.2 Å². The molecule has 1 aliphatic rings. The third-order valence-corrected chi connectivity index (χ3v) is 2.84. The molecule has 16 heavy (non-hydrogen) atoms. The van der Waals surface area contributed by atoms with Gasteiger partial charge in [-0.25, -0.2) is 4.79 Å². The molecule has 1 aliphatic heterocycles. The molecule has 2 N–H and O–H groups in total. The zero-order valence-electron chi connectivity index (χ0n) is 9.27. The number of hydrogen-bond acceptors (Lipinski definition) is 2. The molecule has 0 radical (unpaired) electrons. The average Bonchev–Trinajstić information content (AvgIpc) is 2.15. The van der Waals surface area contributed by atoms with Crippen LogP contribution < -0.4 is 5.32 Å². The van der Waals surface area contributed by atoms with E-state index < -0.39 is 11.9 Å². The number of likely N-dealkylation sites (tertiary alicyclic amines) is 1. The van der Waals surface area contributed by atoms with E-state index in [9.17, 15) is 9.59 Å². The second-order valence-electron chi connectivity index (χ2n) is 3.98. The van der Waals surface area contributed by atoms with Gasteiger partial charge in [0.25, 0.3) is 0 Å². The third kappa shape index (κ3) is 2.89. The minimum absolute atomic E-state index is 0.0656. The highest BCUT2D eigenvalue weighted by atomic mass is 16.4. The van der Waals surface area contributed by atoms with E-state index in [2.05, 4.69) is 11.2 Å². The average molecular weight is 224 g/mol. The Labute approximate surface area is 94.8 Å². The van der Waals surface area contributed by atoms with Crippen LogP contribution in [0.3, 0.4) is 0 Å². The van der Waals surface area contributed by atoms with E-state index in [1.165, 1.54) is 0 Å². The summed E-state index contributed by atoms with van der Waals surface area (Å²) in [4.78, 5) is 23.7. The van der Waals surface area contributed by atoms with Gasteiger partial charge >= 0.3 is 12.0 Å². The number of aliphatic carboxylic acids is 1. The quantitative estimate of drug-likeness (QED) is 0.535. The molecule has 1 heterocycles. The number of nitrogens with one attached hydrogen (secondary N) is 1. The van der Waals surface area contributed by atoms with Crippen molar-refractivity contribution in [3.8, 4) is 12.3 Å². The predicted molar refractivity (Wildman–Crippen MR) is 58.7 cm³/mol. The van der Waals surface area contributed by atoms with Crippen molar-refractivity contribution >= 4 is 12.0 Å². The standard InChI is InChI=1S/C11H16N2O3/c1-3-4-5-12-11(16)13-6-9(7-13)8(2)10(14)15/h1,8-9H,4-7H2,2H3,(H,12,16)(H,14,15). The van der Waals surface area contributed by atoms with Crippen LogP contribution in [0.2, 0.25) is 0 Å². The summed E-state index contributed by atoms with van der Waals surface area (Å²) in [7, 11) is 0. The molecule has 0 aliphatic carbocycles. The molecule has 1 rings (SSSR count). The van der Waals surface area contributed by atoms with Gasteiger partial charge in [-0.3, -0.25) is 4.79 Å². The van der Waals surface area contributed by atoms with E-state index in [1.807, 2.05) is 0 Å². The van der Waals surface area contributed by atoms with Gasteiger partial charge in [-0.1, -0.05) is 6.92 Å². The zero-order valence-corrected chi connectivity index (χ0v) is 9.27. The molecule has 5 heteroatoms. The van der Waals surface area contributed by atoms with E-state index in [1.54, 1.807) is 11.8 Å². The summed E-state index contributed by atoms with van der Waals surface area (Å²) in [5.41, 5.74) is 0. The van der Waals surface area contributed by atoms with Crippen molar-refractivity contribution in [1.29, 1.82) is 0 Å². The molecule has 1 atom stereocenters. The van der Waals surface area contributed by atoms with Crippen LogP contribution >= 0.6 is 0 Å². The maximum absolute atomic E-state index is 11.4. The second kappa shape index (κ2) is 5.40. The number of terminal acetylenes is 1. The number of rotatable bonds is 4. The molecule has 0 aromatic carbocycles. The molecule has 1 unspecified atom stereocenters. The number of carbonyl (C=O) groups is 2. The van der Waals surface area contributed by atoms with E-state index in [0.29, 0.717) is 26.1 Å². The fraction of sp³-hybridized carbons (Fsp3) is 0.636. The fourth-order valence-electron chi connectivity index (χ4n) is 1.55. The van der Waals surface area contributed by atoms with Crippen LogP contribution in [0.25, 0.3) is 0 Å². The van der Waals surface area contributed by atoms with Crippen molar-refractivity contribution in [2.24, 2.45) is 11.8 Å². The summed E-state index contributed by atoms with van der Waals surface area (Å²) in [6.07, 6.45) is 5.56. The Kier molecular flexibility index (Phi) is 4.18. The zero-order chi connectivity index (χ0) is 12.1. The lowest BCUT2D eigenvalue weighted by atomic mass is 9.87. The molecule has 2 amide bonds. The van der Waals surface area contributed by atoms with Crippen molar-refractivity contribution in [3.63, 3.8) is 0 Å². The van der Waals surface area contributed by atoms with Crippen molar-refractivity contribution < 1.29 is 14.7 Å². The molecule has 5 nitrogen and oxygen atoms in total. The topological polar surface area (TPSA) is 69.6 Å². The molecule has 1 saturated heterocycles. The monoisotopic (exact) mass is 224 g/mol. The number of carboxylic acids is 1. The Bertz CT molecular complexity index is 316. The Hall–Kier alpha value is -1.70. The van der Waals surface area contributed by atoms with Gasteiger partial charge in [-0.05, 0) is 0 Å². The molecule has 88 valence electrons. The van der Waals surface area contributed by atoms with Crippen LogP contribution in [0.15, 0.2) is 0 Å². The number of amides is 2. The first-order valence-corrected chi connectivity index (χ1v) is 5.25. The number of urea groups is 1. The predicted octanol–water partition coefficient (Wildman–Crippen LogP) is 0.372. The molecule has 0 saturated carbocycles. The molecule has 1 fully saturated rings. The Morgan fingerprint density at radius 3 is 2.75 bits per heavy atom. The van der Waals surface area contributed by atoms with Crippen LogP contribution in [-0.4, -0.2) is 41.6 Å². The van der Waals surface area contributed by atoms with Gasteiger partial charge in [0.05, 0.1) is 5.92 Å². The molecule has 0 spiro atoms. The summed E-state index contributed by atoms with van der Waals surface area (Å²) in [5.74, 6) is 1.29. The number of nitrogens with zero attached hydrogens (tertiary/aromatic N) is 1. The molecular formula is C11H16N2O3. The number of carboxylic acid groups (broad SMARTS) is 1. The van der Waals surface area contributed by atoms with E-state index in [-0.39, 0.29) is 11.9 Å². The van der Waals surface area contributed by atoms with E-state index in [0.717, 1.165) is 0 Å². The molecule has 0 aromatic heterocycles. The lowest BCUT2D eigenvalue weighted by Gasteiger charge is -2.40. The van der Waals surface area contributed by atoms with Gasteiger partial charge in [-0.15, -0.1) is 12.3 Å². The van der Waals surface area contributed by atoms with Crippen molar-refractivity contribution in [2.75, 3.05) is 19.6 Å². The minimum atomic E-state index is -0.808. The highest BCUT2D eigenvalue weighted by molar-refractivity contribution is 5.76. The first kappa shape index (κ1) is 12.4. The van der Waals surface area contributed by atoms with Crippen LogP contribution in [0.5, 0.6) is 0 Å². The van der Waals surface area contributed by atoms with E-state index >= 15 is 0 Å². The first-order valence-electron chi connectivity index (χ1n) is 5.25. The van der Waals surface area contributed by atoms with Crippen molar-refractivity contribution in [3.05, 3.63) is 0 Å². The maximum Gasteiger partial charge on any atom is 0.317 e. The summed E-state index contributed by atoms with van der Waals surface area (Å²) in [6, 6.07) is -0.163. The SMILES string of the molecule is C#CCCNC(=O)N1CC(C(C)C(=O)O)C1. The highest BCUT2D eigenvalue weighted by Gasteiger charge is 2.36. The molecular weight excluding hydrogens is 208 g/mol. The number of carbonyl (C=O) groups excluding carboxylic acids is 1. The minimum Gasteiger partial charge on any atom is -0.481 e. The summed E-state index contributed by atoms with van der Waals surface area (Å²) in [5, 5.41) is 11.4. The van der Waals surface area contributed by atoms with Gasteiger partial charge < -0.3 is 15.3 Å². The van der Waals surface area contributed by atoms with Gasteiger partial charge in [0, 0.05) is 32.0 Å². The lowest BCUT2D eigenvalue weighted by Crippen LogP contribution is -2.56. The summed E-state index contributed by atoms with van der Waals surface area (Å²) < 4.78 is 0. The van der Waals surface area contributed by atoms with Crippen LogP contribution in [-0.2, 0) is 4.79 Å². The maximum atomic E-state index is 11.4. The Morgan fingerprint density at radius 2 is 2.25 bits per heavy atom. The van der Waals surface area contributed by atoms with Gasteiger partial charge in [0.15, 0.2) is 0 Å². The summed E-state index contributed by atoms with van der Waals surface area (Å²) in [6.45, 7) is 3.15. The van der Waals surface area contributed by atoms with Crippen LogP contribution in [0.4, 0.5) is 4.79 Å². The lowest BCUT2D eigenvalue weighted by molar-refractivity contribution is -0.144. The third-order valence-electron chi connectivity index (χ3n) is 2.84. The molecule has 0 aromatic rings. The Balaban J connectivity index is 2.23. The van der Waals surface area contributed by atoms with Crippen LogP contribution in [0.1, 0.15) is 13.3 Å². The molecule has 0 bridgehead atoms. The normalized spacial score (nSPS) is 17.1. The number of hydrogen-bond donors (Lipinski definition) is 2. The van der Waals surface area contributed by atoms with Gasteiger partial charge in [0.2, 0.25) is 0 Å². The highest BCUT2D eigenvalue weighted by Crippen LogP contribution is 2.23. The smallest absolute Gasteiger partial charge is 0.317 e. The largest absolute Gasteiger partial charge is 0.481 e. The van der Waals surface area contributed by atoms with Crippen molar-refractivity contribution in [2.45, 2.75) is 13.3 Å². The van der Waals surface area contributed by atoms with Gasteiger partial charge in [-0.2, -0.15) is 0 Å². The first-order chi connectivity index (χ1) is 7.56. The van der Waals surface area contributed by atoms with Gasteiger partial charge in [0.1, 0.15) is 0 Å². The van der Waals surface area contributed by atoms with Crippen LogP contribution in [0, 0.1) is 24.2 Å².